The van der Waals surface area contributed by atoms with E-state index < -0.39 is 0 Å². The van der Waals surface area contributed by atoms with Gasteiger partial charge in [0.1, 0.15) is 0 Å². The highest BCUT2D eigenvalue weighted by molar-refractivity contribution is 6.21. The molecule has 0 unspecified atom stereocenters. The second-order valence-electron chi connectivity index (χ2n) is 4.20. The number of carbonyl (C=O) groups is 1. The van der Waals surface area contributed by atoms with E-state index >= 15 is 0 Å². The van der Waals surface area contributed by atoms with Crippen molar-refractivity contribution in [3.63, 3.8) is 0 Å². The Morgan fingerprint density at radius 3 is 1.42 bits per heavy atom. The van der Waals surface area contributed by atoms with Gasteiger partial charge in [0, 0.05) is 24.3 Å². The largest absolute Gasteiger partial charge is 0.382 e. The number of ketones is 1. The Morgan fingerprint density at radius 2 is 1.11 bits per heavy atom. The van der Waals surface area contributed by atoms with E-state index in [-0.39, 0.29) is 5.78 Å². The molecule has 0 saturated carbocycles. The summed E-state index contributed by atoms with van der Waals surface area (Å²) in [5.41, 5.74) is 3.78. The van der Waals surface area contributed by atoms with E-state index in [4.69, 9.17) is 4.74 Å². The van der Waals surface area contributed by atoms with Gasteiger partial charge in [0.2, 0.25) is 0 Å². The highest BCUT2D eigenvalue weighted by atomic mass is 16.5. The molecule has 19 heavy (non-hydrogen) atoms. The zero-order chi connectivity index (χ0) is 13.7. The van der Waals surface area contributed by atoms with Gasteiger partial charge in [-0.3, -0.25) is 4.79 Å². The van der Waals surface area contributed by atoms with Crippen LogP contribution in [0.4, 0.5) is 0 Å². The lowest BCUT2D eigenvalue weighted by Gasteiger charge is -1.96. The fourth-order valence-electron chi connectivity index (χ4n) is 2.18. The third-order valence-corrected chi connectivity index (χ3v) is 3.04. The summed E-state index contributed by atoms with van der Waals surface area (Å²) >= 11 is 0. The van der Waals surface area contributed by atoms with Gasteiger partial charge in [0.25, 0.3) is 0 Å². The molecular weight excluding hydrogens is 236 g/mol. The number of carbonyl (C=O) groups excluding carboxylic acids is 1. The van der Waals surface area contributed by atoms with E-state index in [1.54, 1.807) is 0 Å². The van der Waals surface area contributed by atoms with Crippen LogP contribution in [0.25, 0.3) is 11.1 Å². The first-order valence-corrected chi connectivity index (χ1v) is 6.60. The lowest BCUT2D eigenvalue weighted by atomic mass is 10.1. The number of fused-ring (bicyclic) bond motifs is 3. The molecule has 3 rings (SSSR count). The van der Waals surface area contributed by atoms with Gasteiger partial charge in [-0.15, -0.1) is 0 Å². The van der Waals surface area contributed by atoms with Crippen LogP contribution in [0.1, 0.15) is 29.8 Å². The minimum atomic E-state index is 0.149. The van der Waals surface area contributed by atoms with Crippen LogP contribution < -0.4 is 0 Å². The van der Waals surface area contributed by atoms with Crippen LogP contribution in [-0.4, -0.2) is 19.0 Å². The summed E-state index contributed by atoms with van der Waals surface area (Å²) in [5, 5.41) is 0. The maximum absolute atomic E-state index is 11.9. The molecule has 2 nitrogen and oxygen atoms in total. The van der Waals surface area contributed by atoms with E-state index in [2.05, 4.69) is 0 Å². The van der Waals surface area contributed by atoms with Crippen molar-refractivity contribution in [2.45, 2.75) is 13.8 Å². The van der Waals surface area contributed by atoms with Crippen LogP contribution in [0.5, 0.6) is 0 Å². The molecule has 2 aromatic carbocycles. The summed E-state index contributed by atoms with van der Waals surface area (Å²) < 4.78 is 4.83. The fourth-order valence-corrected chi connectivity index (χ4v) is 2.18. The van der Waals surface area contributed by atoms with Crippen molar-refractivity contribution in [2.24, 2.45) is 0 Å². The van der Waals surface area contributed by atoms with Gasteiger partial charge in [-0.2, -0.15) is 0 Å². The minimum Gasteiger partial charge on any atom is -0.382 e. The molecule has 2 heteroatoms. The Bertz CT molecular complexity index is 523. The number of rotatable bonds is 2. The van der Waals surface area contributed by atoms with Crippen LogP contribution in [-0.2, 0) is 4.74 Å². The van der Waals surface area contributed by atoms with Crippen molar-refractivity contribution in [3.05, 3.63) is 59.7 Å². The summed E-state index contributed by atoms with van der Waals surface area (Å²) in [6.45, 7) is 5.67. The van der Waals surface area contributed by atoms with E-state index in [0.717, 1.165) is 35.5 Å². The van der Waals surface area contributed by atoms with Gasteiger partial charge in [-0.25, -0.2) is 0 Å². The molecule has 2 aromatic rings. The standard InChI is InChI=1S/C13H8O.C4H10O/c14-13-11-7-3-1-5-9(11)10-6-2-4-8-12(10)13;1-3-5-4-2/h1-8H;3-4H2,1-2H3. The van der Waals surface area contributed by atoms with E-state index in [0.29, 0.717) is 0 Å². The van der Waals surface area contributed by atoms with Crippen LogP contribution in [0, 0.1) is 0 Å². The molecule has 0 spiro atoms. The smallest absolute Gasteiger partial charge is 0.194 e. The molecule has 0 amide bonds. The summed E-state index contributed by atoms with van der Waals surface area (Å²) in [5.74, 6) is 0.149. The molecule has 0 radical (unpaired) electrons. The SMILES string of the molecule is CCOCC.O=C1c2ccccc2-c2ccccc21. The van der Waals surface area contributed by atoms with Gasteiger partial charge in [0.05, 0.1) is 0 Å². The Hall–Kier alpha value is -1.93. The van der Waals surface area contributed by atoms with E-state index in [9.17, 15) is 4.79 Å². The molecular formula is C17H18O2. The first kappa shape index (κ1) is 13.5. The molecule has 0 saturated heterocycles. The van der Waals surface area contributed by atoms with Crippen LogP contribution >= 0.6 is 0 Å². The van der Waals surface area contributed by atoms with Crippen molar-refractivity contribution in [3.8, 4) is 11.1 Å². The maximum atomic E-state index is 11.9. The Balaban J connectivity index is 0.000000232. The van der Waals surface area contributed by atoms with Gasteiger partial charge >= 0.3 is 0 Å². The Kier molecular flexibility index (Phi) is 4.48. The van der Waals surface area contributed by atoms with Gasteiger partial charge in [-0.05, 0) is 25.0 Å². The Labute approximate surface area is 114 Å². The van der Waals surface area contributed by atoms with Crippen molar-refractivity contribution in [1.82, 2.24) is 0 Å². The lowest BCUT2D eigenvalue weighted by molar-refractivity contribution is 0.104. The normalized spacial score (nSPS) is 11.4. The number of benzene rings is 2. The zero-order valence-corrected chi connectivity index (χ0v) is 11.3. The van der Waals surface area contributed by atoms with Crippen LogP contribution in [0.15, 0.2) is 48.5 Å². The first-order chi connectivity index (χ1) is 9.29. The molecule has 0 heterocycles. The molecule has 0 fully saturated rings. The highest BCUT2D eigenvalue weighted by Gasteiger charge is 2.24. The summed E-state index contributed by atoms with van der Waals surface area (Å²) in [6.07, 6.45) is 0. The van der Waals surface area contributed by atoms with Gasteiger partial charge in [-0.1, -0.05) is 48.5 Å². The van der Waals surface area contributed by atoms with Crippen LogP contribution in [0.3, 0.4) is 0 Å². The topological polar surface area (TPSA) is 26.3 Å². The van der Waals surface area contributed by atoms with Gasteiger partial charge < -0.3 is 4.74 Å². The monoisotopic (exact) mass is 254 g/mol. The average Bonchev–Trinajstić information content (AvgIpc) is 2.75. The molecule has 1 aliphatic carbocycles. The first-order valence-electron chi connectivity index (χ1n) is 6.60. The summed E-state index contributed by atoms with van der Waals surface area (Å²) in [6, 6.07) is 15.5. The number of hydrogen-bond donors (Lipinski definition) is 0. The molecule has 98 valence electrons. The van der Waals surface area contributed by atoms with E-state index in [1.165, 1.54) is 0 Å². The fraction of sp³-hybridized carbons (Fsp3) is 0.235. The zero-order valence-electron chi connectivity index (χ0n) is 11.3. The number of hydrogen-bond acceptors (Lipinski definition) is 2. The van der Waals surface area contributed by atoms with E-state index in [1.807, 2.05) is 62.4 Å². The second kappa shape index (κ2) is 6.30. The predicted molar refractivity (Wildman–Crippen MR) is 77.5 cm³/mol. The van der Waals surface area contributed by atoms with Crippen molar-refractivity contribution >= 4 is 5.78 Å². The highest BCUT2D eigenvalue weighted by Crippen LogP contribution is 2.35. The van der Waals surface area contributed by atoms with Crippen molar-refractivity contribution in [1.29, 1.82) is 0 Å². The third kappa shape index (κ3) is 2.74. The molecule has 0 aromatic heterocycles. The van der Waals surface area contributed by atoms with Crippen molar-refractivity contribution < 1.29 is 9.53 Å². The molecule has 1 aliphatic rings. The average molecular weight is 254 g/mol. The van der Waals surface area contributed by atoms with Gasteiger partial charge in [0.15, 0.2) is 5.78 Å². The quantitative estimate of drug-likeness (QED) is 0.692. The Morgan fingerprint density at radius 1 is 0.737 bits per heavy atom. The molecule has 0 atom stereocenters. The van der Waals surface area contributed by atoms with Crippen LogP contribution in [0.2, 0.25) is 0 Å². The van der Waals surface area contributed by atoms with Crippen molar-refractivity contribution in [2.75, 3.05) is 13.2 Å². The predicted octanol–water partition coefficient (Wildman–Crippen LogP) is 3.94. The molecule has 0 bridgehead atoms. The summed E-state index contributed by atoms with van der Waals surface area (Å²) in [4.78, 5) is 11.9. The maximum Gasteiger partial charge on any atom is 0.194 e. The third-order valence-electron chi connectivity index (χ3n) is 3.04. The molecule has 0 aliphatic heterocycles. The number of ether oxygens (including phenoxy) is 1. The minimum absolute atomic E-state index is 0.149. The molecule has 0 N–H and O–H groups in total. The summed E-state index contributed by atoms with van der Waals surface area (Å²) in [7, 11) is 0. The lowest BCUT2D eigenvalue weighted by Crippen LogP contribution is -1.93. The second-order valence-corrected chi connectivity index (χ2v) is 4.20.